The number of hydrogen-bond donors (Lipinski definition) is 2. The van der Waals surface area contributed by atoms with Crippen molar-refractivity contribution in [2.75, 3.05) is 19.7 Å². The average molecular weight is 540 g/mol. The fraction of sp³-hybridized carbons (Fsp3) is 0.533. The molecule has 0 saturated carbocycles. The summed E-state index contributed by atoms with van der Waals surface area (Å²) in [7, 11) is -2.62. The molecule has 2 atom stereocenters. The van der Waals surface area contributed by atoms with Crippen molar-refractivity contribution in [2.24, 2.45) is 5.73 Å². The number of rotatable bonds is 8. The maximum atomic E-state index is 13.1. The third-order valence-electron chi connectivity index (χ3n) is 6.93. The van der Waals surface area contributed by atoms with Gasteiger partial charge in [-0.15, -0.1) is 0 Å². The van der Waals surface area contributed by atoms with Crippen LogP contribution >= 0.6 is 0 Å². The Bertz CT molecular complexity index is 1010. The number of carbonyl (C=O) groups is 2. The van der Waals surface area contributed by atoms with Gasteiger partial charge in [0.25, 0.3) is 8.32 Å². The minimum absolute atomic E-state index is 0.106. The molecular formula is C30H45N3O4Si. The van der Waals surface area contributed by atoms with E-state index in [0.29, 0.717) is 39.0 Å². The molecule has 1 heterocycles. The number of nitrogens with two attached hydrogens (primary N) is 1. The second-order valence-electron chi connectivity index (χ2n) is 12.1. The Labute approximate surface area is 229 Å². The fourth-order valence-corrected chi connectivity index (χ4v) is 9.77. The third-order valence-corrected chi connectivity index (χ3v) is 12.0. The number of amides is 2. The maximum Gasteiger partial charge on any atom is 0.410 e. The lowest BCUT2D eigenvalue weighted by Gasteiger charge is -2.43. The zero-order chi connectivity index (χ0) is 28.0. The molecule has 0 aromatic heterocycles. The van der Waals surface area contributed by atoms with Crippen molar-refractivity contribution in [1.29, 1.82) is 0 Å². The summed E-state index contributed by atoms with van der Waals surface area (Å²) < 4.78 is 12.4. The highest BCUT2D eigenvalue weighted by Gasteiger charge is 2.50. The number of nitrogens with one attached hydrogen (secondary N) is 1. The molecule has 2 aromatic rings. The SMILES string of the molecule is CC(C)(C)OC(=O)N1CC[C@H](N)C[C@H]1C(=O)NCCCO[Si](c1ccccc1)(c1ccccc1)C(C)(C)C. The highest BCUT2D eigenvalue weighted by molar-refractivity contribution is 6.99. The van der Waals surface area contributed by atoms with Gasteiger partial charge in [0.2, 0.25) is 5.91 Å². The molecule has 3 rings (SSSR count). The van der Waals surface area contributed by atoms with Crippen LogP contribution in [0.5, 0.6) is 0 Å². The van der Waals surface area contributed by atoms with Gasteiger partial charge in [-0.3, -0.25) is 9.69 Å². The van der Waals surface area contributed by atoms with Crippen LogP contribution in [0.4, 0.5) is 4.79 Å². The second-order valence-corrected chi connectivity index (χ2v) is 16.4. The number of likely N-dealkylation sites (tertiary alicyclic amines) is 1. The molecule has 3 N–H and O–H groups in total. The third kappa shape index (κ3) is 7.24. The van der Waals surface area contributed by atoms with Crippen LogP contribution in [-0.4, -0.2) is 62.6 Å². The predicted molar refractivity (Wildman–Crippen MR) is 155 cm³/mol. The summed E-state index contributed by atoms with van der Waals surface area (Å²) in [6, 6.07) is 20.3. The van der Waals surface area contributed by atoms with Crippen LogP contribution in [0, 0.1) is 0 Å². The van der Waals surface area contributed by atoms with E-state index in [0.717, 1.165) is 0 Å². The Kier molecular flexibility index (Phi) is 9.78. The maximum absolute atomic E-state index is 13.1. The van der Waals surface area contributed by atoms with Crippen LogP contribution in [0.1, 0.15) is 60.8 Å². The zero-order valence-corrected chi connectivity index (χ0v) is 24.8. The fourth-order valence-electron chi connectivity index (χ4n) is 5.17. The van der Waals surface area contributed by atoms with Crippen LogP contribution in [0.3, 0.4) is 0 Å². The first-order valence-electron chi connectivity index (χ1n) is 13.6. The Morgan fingerprint density at radius 1 is 0.974 bits per heavy atom. The zero-order valence-electron chi connectivity index (χ0n) is 23.8. The Hall–Kier alpha value is -2.68. The summed E-state index contributed by atoms with van der Waals surface area (Å²) in [5, 5.41) is 5.37. The number of piperidine rings is 1. The van der Waals surface area contributed by atoms with Crippen LogP contribution < -0.4 is 21.4 Å². The van der Waals surface area contributed by atoms with Crippen LogP contribution in [0.15, 0.2) is 60.7 Å². The van der Waals surface area contributed by atoms with Crippen molar-refractivity contribution in [2.45, 2.75) is 83.5 Å². The van der Waals surface area contributed by atoms with Gasteiger partial charge >= 0.3 is 6.09 Å². The van der Waals surface area contributed by atoms with Crippen molar-refractivity contribution in [3.05, 3.63) is 60.7 Å². The first-order valence-corrected chi connectivity index (χ1v) is 15.5. The summed E-state index contributed by atoms with van der Waals surface area (Å²) in [5.74, 6) is -0.198. The highest BCUT2D eigenvalue weighted by Crippen LogP contribution is 2.36. The number of carbonyl (C=O) groups excluding carboxylic acids is 2. The van der Waals surface area contributed by atoms with E-state index in [1.54, 1.807) is 0 Å². The first-order chi connectivity index (χ1) is 17.8. The van der Waals surface area contributed by atoms with Gasteiger partial charge in [-0.05, 0) is 55.4 Å². The minimum atomic E-state index is -2.62. The summed E-state index contributed by atoms with van der Waals surface area (Å²) in [6.07, 6.45) is 1.25. The molecule has 0 spiro atoms. The van der Waals surface area contributed by atoms with Gasteiger partial charge in [-0.1, -0.05) is 81.4 Å². The number of nitrogens with zero attached hydrogens (tertiary/aromatic N) is 1. The summed E-state index contributed by atoms with van der Waals surface area (Å²) in [5.41, 5.74) is 5.52. The molecule has 7 nitrogen and oxygen atoms in total. The molecule has 1 aliphatic heterocycles. The molecule has 1 aliphatic rings. The van der Waals surface area contributed by atoms with Gasteiger partial charge in [0, 0.05) is 25.7 Å². The molecule has 0 radical (unpaired) electrons. The van der Waals surface area contributed by atoms with Gasteiger partial charge in [-0.2, -0.15) is 0 Å². The van der Waals surface area contributed by atoms with E-state index < -0.39 is 26.1 Å². The van der Waals surface area contributed by atoms with E-state index in [2.05, 4.69) is 74.6 Å². The molecule has 0 unspecified atom stereocenters. The number of benzene rings is 2. The van der Waals surface area contributed by atoms with Gasteiger partial charge in [0.1, 0.15) is 11.6 Å². The first kappa shape index (κ1) is 29.9. The molecule has 1 saturated heterocycles. The predicted octanol–water partition coefficient (Wildman–Crippen LogP) is 3.80. The van der Waals surface area contributed by atoms with E-state index >= 15 is 0 Å². The average Bonchev–Trinajstić information content (AvgIpc) is 2.85. The largest absolute Gasteiger partial charge is 0.444 e. The van der Waals surface area contributed by atoms with Gasteiger partial charge in [0.05, 0.1) is 0 Å². The van der Waals surface area contributed by atoms with E-state index in [1.807, 2.05) is 32.9 Å². The van der Waals surface area contributed by atoms with Crippen molar-refractivity contribution in [1.82, 2.24) is 10.2 Å². The van der Waals surface area contributed by atoms with E-state index in [9.17, 15) is 9.59 Å². The van der Waals surface area contributed by atoms with E-state index in [4.69, 9.17) is 14.9 Å². The smallest absolute Gasteiger partial charge is 0.410 e. The Morgan fingerprint density at radius 3 is 2.03 bits per heavy atom. The van der Waals surface area contributed by atoms with Crippen LogP contribution in [0.2, 0.25) is 5.04 Å². The minimum Gasteiger partial charge on any atom is -0.444 e. The standard InChI is InChI=1S/C30H45N3O4Si/c1-29(2,3)37-28(35)33-20-18-23(31)22-26(33)27(34)32-19-13-21-36-38(30(4,5)6,24-14-9-7-10-15-24)25-16-11-8-12-17-25/h7-12,14-17,23,26H,13,18-22,31H2,1-6H3,(H,32,34)/t23-,26-/m0/s1. The highest BCUT2D eigenvalue weighted by atomic mass is 28.4. The summed E-state index contributed by atoms with van der Waals surface area (Å²) in [6.45, 7) is 13.6. The van der Waals surface area contributed by atoms with Crippen LogP contribution in [-0.2, 0) is 14.0 Å². The number of ether oxygens (including phenoxy) is 1. The van der Waals surface area contributed by atoms with Crippen molar-refractivity contribution < 1.29 is 18.8 Å². The Morgan fingerprint density at radius 2 is 1.53 bits per heavy atom. The Balaban J connectivity index is 1.67. The summed E-state index contributed by atoms with van der Waals surface area (Å²) in [4.78, 5) is 27.4. The topological polar surface area (TPSA) is 93.9 Å². The quantitative estimate of drug-likeness (QED) is 0.393. The summed E-state index contributed by atoms with van der Waals surface area (Å²) >= 11 is 0. The lowest BCUT2D eigenvalue weighted by molar-refractivity contribution is -0.127. The molecule has 0 bridgehead atoms. The molecule has 1 fully saturated rings. The number of hydrogen-bond acceptors (Lipinski definition) is 5. The molecule has 2 amide bonds. The van der Waals surface area contributed by atoms with Gasteiger partial charge in [-0.25, -0.2) is 4.79 Å². The van der Waals surface area contributed by atoms with Gasteiger partial charge < -0.3 is 20.2 Å². The molecule has 38 heavy (non-hydrogen) atoms. The van der Waals surface area contributed by atoms with Crippen molar-refractivity contribution in [3.8, 4) is 0 Å². The van der Waals surface area contributed by atoms with Crippen molar-refractivity contribution in [3.63, 3.8) is 0 Å². The van der Waals surface area contributed by atoms with Gasteiger partial charge in [0.15, 0.2) is 0 Å². The second kappa shape index (κ2) is 12.4. The normalized spacial score (nSPS) is 18.7. The van der Waals surface area contributed by atoms with Crippen molar-refractivity contribution >= 4 is 30.7 Å². The van der Waals surface area contributed by atoms with Crippen LogP contribution in [0.25, 0.3) is 0 Å². The lowest BCUT2D eigenvalue weighted by Crippen LogP contribution is -2.66. The van der Waals surface area contributed by atoms with E-state index in [1.165, 1.54) is 15.3 Å². The molecule has 0 aliphatic carbocycles. The molecule has 8 heteroatoms. The molecule has 208 valence electrons. The molecular weight excluding hydrogens is 494 g/mol. The molecule has 2 aromatic carbocycles. The lowest BCUT2D eigenvalue weighted by atomic mass is 9.97. The van der Waals surface area contributed by atoms with E-state index in [-0.39, 0.29) is 17.0 Å². The monoisotopic (exact) mass is 539 g/mol.